The third-order valence-corrected chi connectivity index (χ3v) is 7.50. The summed E-state index contributed by atoms with van der Waals surface area (Å²) in [5.41, 5.74) is 3.09. The fourth-order valence-electron chi connectivity index (χ4n) is 4.71. The molecule has 3 heterocycles. The highest BCUT2D eigenvalue weighted by Gasteiger charge is 2.29. The van der Waals surface area contributed by atoms with Gasteiger partial charge in [-0.1, -0.05) is 35.3 Å². The van der Waals surface area contributed by atoms with Crippen molar-refractivity contribution in [3.05, 3.63) is 82.2 Å². The Morgan fingerprint density at radius 1 is 1.13 bits per heavy atom. The topological polar surface area (TPSA) is 177 Å². The van der Waals surface area contributed by atoms with Gasteiger partial charge in [-0.25, -0.2) is 4.79 Å². The van der Waals surface area contributed by atoms with Gasteiger partial charge >= 0.3 is 6.09 Å². The normalized spacial score (nSPS) is 15.2. The highest BCUT2D eigenvalue weighted by molar-refractivity contribution is 6.31. The van der Waals surface area contributed by atoms with Crippen molar-refractivity contribution >= 4 is 52.9 Å². The number of likely N-dealkylation sites (tertiary alicyclic amines) is 1. The number of halogens is 2. The number of tetrazole rings is 1. The van der Waals surface area contributed by atoms with Crippen LogP contribution in [0.5, 0.6) is 0 Å². The first-order valence-corrected chi connectivity index (χ1v) is 14.4. The summed E-state index contributed by atoms with van der Waals surface area (Å²) in [4.78, 5) is 39.6. The van der Waals surface area contributed by atoms with Crippen LogP contribution in [-0.2, 0) is 14.3 Å². The van der Waals surface area contributed by atoms with E-state index in [1.807, 2.05) is 0 Å². The van der Waals surface area contributed by atoms with Crippen molar-refractivity contribution in [3.63, 3.8) is 0 Å². The van der Waals surface area contributed by atoms with Gasteiger partial charge in [-0.05, 0) is 59.3 Å². The molecule has 1 aliphatic rings. The Bertz CT molecular complexity index is 1720. The van der Waals surface area contributed by atoms with Gasteiger partial charge in [0.25, 0.3) is 0 Å². The molecule has 0 radical (unpaired) electrons. The maximum Gasteiger partial charge on any atom is 0.411 e. The van der Waals surface area contributed by atoms with E-state index in [9.17, 15) is 19.5 Å². The van der Waals surface area contributed by atoms with Gasteiger partial charge in [0.05, 0.1) is 37.1 Å². The smallest absolute Gasteiger partial charge is 0.411 e. The number of aromatic nitrogens is 6. The molecule has 2 aromatic heterocycles. The predicted molar refractivity (Wildman–Crippen MR) is 164 cm³/mol. The molecule has 4 aromatic rings. The molecule has 1 unspecified atom stereocenters. The average molecular weight is 652 g/mol. The standard InChI is InChI=1S/C29H27Cl2N9O5/c1-45-29(44)33-20-6-2-17(3-7-20)23-13-22(28(31)36-35-23)24(14-27(43)39-11-10-21(41)15-39)34-26(42)9-4-18-12-19(30)5-8-25(18)40-16-32-37-38-40/h2-9,12-13,16,21,24,41H,10-11,14-15H2,1H3,(H,33,44)(H,34,42)/t21-,24?/m1/s1. The lowest BCUT2D eigenvalue weighted by Gasteiger charge is -2.23. The molecular weight excluding hydrogens is 625 g/mol. The second-order valence-corrected chi connectivity index (χ2v) is 10.8. The predicted octanol–water partition coefficient (Wildman–Crippen LogP) is 3.46. The van der Waals surface area contributed by atoms with Gasteiger partial charge in [0, 0.05) is 46.6 Å². The van der Waals surface area contributed by atoms with Crippen LogP contribution in [0.25, 0.3) is 23.0 Å². The van der Waals surface area contributed by atoms with Gasteiger partial charge in [0.15, 0.2) is 5.15 Å². The van der Waals surface area contributed by atoms with E-state index in [1.165, 1.54) is 24.2 Å². The second-order valence-electron chi connectivity index (χ2n) is 10.0. The highest BCUT2D eigenvalue weighted by atomic mass is 35.5. The minimum absolute atomic E-state index is 0.00192. The number of nitrogens with one attached hydrogen (secondary N) is 2. The first kappa shape index (κ1) is 31.5. The van der Waals surface area contributed by atoms with E-state index < -0.39 is 24.1 Å². The van der Waals surface area contributed by atoms with Crippen LogP contribution < -0.4 is 10.6 Å². The number of carbonyl (C=O) groups is 3. The van der Waals surface area contributed by atoms with Crippen molar-refractivity contribution < 1.29 is 24.2 Å². The summed E-state index contributed by atoms with van der Waals surface area (Å²) in [5.74, 6) is -0.797. The third kappa shape index (κ3) is 7.98. The number of methoxy groups -OCH3 is 1. The molecule has 2 atom stereocenters. The number of β-amino-alcohol motifs (C(OH)–C–C–N with tert-alkyl or cyclic N) is 1. The van der Waals surface area contributed by atoms with E-state index in [0.29, 0.717) is 51.7 Å². The maximum absolute atomic E-state index is 13.3. The second kappa shape index (κ2) is 14.2. The number of aliphatic hydroxyl groups is 1. The van der Waals surface area contributed by atoms with Gasteiger partial charge in [0.2, 0.25) is 11.8 Å². The van der Waals surface area contributed by atoms with Crippen LogP contribution in [0.1, 0.15) is 30.0 Å². The fourth-order valence-corrected chi connectivity index (χ4v) is 5.11. The van der Waals surface area contributed by atoms with E-state index in [-0.39, 0.29) is 24.0 Å². The van der Waals surface area contributed by atoms with Crippen molar-refractivity contribution in [1.82, 2.24) is 40.6 Å². The molecular formula is C29H27Cl2N9O5. The Morgan fingerprint density at radius 2 is 1.93 bits per heavy atom. The molecule has 3 N–H and O–H groups in total. The van der Waals surface area contributed by atoms with Gasteiger partial charge in [-0.3, -0.25) is 14.9 Å². The molecule has 1 saturated heterocycles. The minimum Gasteiger partial charge on any atom is -0.453 e. The highest BCUT2D eigenvalue weighted by Crippen LogP contribution is 2.29. The van der Waals surface area contributed by atoms with E-state index in [4.69, 9.17) is 23.2 Å². The largest absolute Gasteiger partial charge is 0.453 e. The summed E-state index contributed by atoms with van der Waals surface area (Å²) in [6.45, 7) is 0.600. The van der Waals surface area contributed by atoms with Crippen molar-refractivity contribution in [2.24, 2.45) is 0 Å². The van der Waals surface area contributed by atoms with Crippen LogP contribution in [0.3, 0.4) is 0 Å². The number of rotatable bonds is 9. The Labute approximate surface area is 267 Å². The lowest BCUT2D eigenvalue weighted by molar-refractivity contribution is -0.131. The van der Waals surface area contributed by atoms with Crippen molar-refractivity contribution in [3.8, 4) is 16.9 Å². The van der Waals surface area contributed by atoms with Crippen LogP contribution in [0.2, 0.25) is 10.2 Å². The number of amides is 3. The number of ether oxygens (including phenoxy) is 1. The first-order chi connectivity index (χ1) is 21.7. The molecule has 14 nitrogen and oxygen atoms in total. The molecule has 5 rings (SSSR count). The van der Waals surface area contributed by atoms with Gasteiger partial charge in [0.1, 0.15) is 6.33 Å². The molecule has 45 heavy (non-hydrogen) atoms. The minimum atomic E-state index is -0.896. The fraction of sp³-hybridized carbons (Fsp3) is 0.241. The van der Waals surface area contributed by atoms with Crippen LogP contribution in [-0.4, -0.2) is 84.6 Å². The molecule has 0 spiro atoms. The monoisotopic (exact) mass is 651 g/mol. The molecule has 0 aliphatic carbocycles. The molecule has 2 aromatic carbocycles. The maximum atomic E-state index is 13.3. The summed E-state index contributed by atoms with van der Waals surface area (Å²) in [5, 5.41) is 35.3. The zero-order chi connectivity index (χ0) is 31.9. The Hall–Kier alpha value is -4.92. The molecule has 0 bridgehead atoms. The van der Waals surface area contributed by atoms with Gasteiger partial charge in [-0.15, -0.1) is 15.3 Å². The van der Waals surface area contributed by atoms with Crippen molar-refractivity contribution in [2.75, 3.05) is 25.5 Å². The number of carbonyl (C=O) groups excluding carboxylic acids is 3. The van der Waals surface area contributed by atoms with Crippen LogP contribution in [0.4, 0.5) is 10.5 Å². The summed E-state index contributed by atoms with van der Waals surface area (Å²) in [7, 11) is 1.27. The zero-order valence-corrected chi connectivity index (χ0v) is 25.3. The first-order valence-electron chi connectivity index (χ1n) is 13.7. The van der Waals surface area contributed by atoms with E-state index in [1.54, 1.807) is 59.5 Å². The van der Waals surface area contributed by atoms with E-state index in [2.05, 4.69) is 41.1 Å². The number of hydrogen-bond donors (Lipinski definition) is 3. The van der Waals surface area contributed by atoms with Crippen LogP contribution >= 0.6 is 23.2 Å². The number of hydrogen-bond acceptors (Lipinski definition) is 10. The Kier molecular flexibility index (Phi) is 9.97. The molecule has 0 saturated carbocycles. The third-order valence-electron chi connectivity index (χ3n) is 6.97. The van der Waals surface area contributed by atoms with Crippen molar-refractivity contribution in [2.45, 2.75) is 25.0 Å². The molecule has 1 aliphatic heterocycles. The quantitative estimate of drug-likeness (QED) is 0.227. The summed E-state index contributed by atoms with van der Waals surface area (Å²) >= 11 is 12.7. The van der Waals surface area contributed by atoms with E-state index >= 15 is 0 Å². The average Bonchev–Trinajstić information content (AvgIpc) is 3.73. The Balaban J connectivity index is 1.42. The molecule has 3 amide bonds. The van der Waals surface area contributed by atoms with Crippen LogP contribution in [0, 0.1) is 0 Å². The van der Waals surface area contributed by atoms with Crippen molar-refractivity contribution in [1.29, 1.82) is 0 Å². The van der Waals surface area contributed by atoms with Crippen LogP contribution in [0.15, 0.2) is 60.9 Å². The molecule has 16 heteroatoms. The zero-order valence-electron chi connectivity index (χ0n) is 23.8. The number of benzene rings is 2. The SMILES string of the molecule is COC(=O)Nc1ccc(-c2cc(C(CC(=O)N3CC[C@@H](O)C3)NC(=O)C=Cc3cc(Cl)ccc3-n3cnnn3)c(Cl)nn2)cc1. The summed E-state index contributed by atoms with van der Waals surface area (Å²) < 4.78 is 6.05. The van der Waals surface area contributed by atoms with Gasteiger partial charge < -0.3 is 20.1 Å². The van der Waals surface area contributed by atoms with E-state index in [0.717, 1.165) is 0 Å². The Morgan fingerprint density at radius 3 is 2.62 bits per heavy atom. The summed E-state index contributed by atoms with van der Waals surface area (Å²) in [6, 6.07) is 12.5. The molecule has 1 fully saturated rings. The molecule has 232 valence electrons. The lowest BCUT2D eigenvalue weighted by Crippen LogP contribution is -2.35. The number of aliphatic hydroxyl groups excluding tert-OH is 1. The summed E-state index contributed by atoms with van der Waals surface area (Å²) in [6.07, 6.45) is 3.37. The number of nitrogens with zero attached hydrogens (tertiary/aromatic N) is 7. The van der Waals surface area contributed by atoms with Gasteiger partial charge in [-0.2, -0.15) is 4.68 Å². The lowest BCUT2D eigenvalue weighted by atomic mass is 10.0. The number of anilines is 1.